The maximum absolute atomic E-state index is 5.88. The molecular formula is C18H22N6O2. The molecule has 0 bridgehead atoms. The van der Waals surface area contributed by atoms with Gasteiger partial charge in [-0.05, 0) is 18.6 Å². The predicted molar refractivity (Wildman–Crippen MR) is 95.8 cm³/mol. The summed E-state index contributed by atoms with van der Waals surface area (Å²) in [7, 11) is 0. The molecule has 0 atom stereocenters. The highest BCUT2D eigenvalue weighted by Crippen LogP contribution is 2.22. The van der Waals surface area contributed by atoms with Gasteiger partial charge in [-0.25, -0.2) is 0 Å². The summed E-state index contributed by atoms with van der Waals surface area (Å²) in [5, 5.41) is 17.4. The van der Waals surface area contributed by atoms with Crippen LogP contribution in [0, 0.1) is 0 Å². The molecule has 0 spiro atoms. The first-order valence-electron chi connectivity index (χ1n) is 8.91. The van der Waals surface area contributed by atoms with Gasteiger partial charge in [-0.15, -0.1) is 5.10 Å². The normalized spacial score (nSPS) is 15.4. The highest BCUT2D eigenvalue weighted by atomic mass is 16.5. The van der Waals surface area contributed by atoms with E-state index in [2.05, 4.69) is 25.4 Å². The molecule has 8 heteroatoms. The van der Waals surface area contributed by atoms with E-state index in [4.69, 9.17) is 9.47 Å². The maximum Gasteiger partial charge on any atom is 0.149 e. The van der Waals surface area contributed by atoms with Crippen LogP contribution in [0.1, 0.15) is 12.1 Å². The first kappa shape index (κ1) is 16.9. The summed E-state index contributed by atoms with van der Waals surface area (Å²) < 4.78 is 13.1. The molecule has 1 aliphatic rings. The van der Waals surface area contributed by atoms with Crippen molar-refractivity contribution in [3.8, 4) is 5.75 Å². The average Bonchev–Trinajstić information content (AvgIpc) is 3.15. The summed E-state index contributed by atoms with van der Waals surface area (Å²) >= 11 is 0. The van der Waals surface area contributed by atoms with Crippen molar-refractivity contribution in [3.63, 3.8) is 0 Å². The predicted octanol–water partition coefficient (Wildman–Crippen LogP) is 1.52. The summed E-state index contributed by atoms with van der Waals surface area (Å²) in [6.45, 7) is 5.98. The number of rotatable bonds is 7. The van der Waals surface area contributed by atoms with Crippen LogP contribution in [0.3, 0.4) is 0 Å². The fourth-order valence-electron chi connectivity index (χ4n) is 3.04. The Balaban J connectivity index is 1.29. The van der Waals surface area contributed by atoms with Gasteiger partial charge < -0.3 is 9.47 Å². The van der Waals surface area contributed by atoms with Crippen LogP contribution in [0.25, 0.3) is 10.9 Å². The van der Waals surface area contributed by atoms with E-state index in [1.165, 1.54) is 0 Å². The average molecular weight is 354 g/mol. The van der Waals surface area contributed by atoms with Crippen LogP contribution in [-0.4, -0.2) is 62.9 Å². The van der Waals surface area contributed by atoms with E-state index in [9.17, 15) is 0 Å². The maximum atomic E-state index is 5.88. The number of morpholine rings is 1. The molecule has 26 heavy (non-hydrogen) atoms. The molecule has 3 aromatic rings. The van der Waals surface area contributed by atoms with Crippen LogP contribution >= 0.6 is 0 Å². The molecule has 1 saturated heterocycles. The Kier molecular flexibility index (Phi) is 5.32. The van der Waals surface area contributed by atoms with Crippen molar-refractivity contribution in [1.82, 2.24) is 30.1 Å². The molecule has 1 aromatic carbocycles. The van der Waals surface area contributed by atoms with Gasteiger partial charge in [-0.3, -0.25) is 9.58 Å². The van der Waals surface area contributed by atoms with Gasteiger partial charge in [0.25, 0.3) is 0 Å². The molecule has 1 aliphatic heterocycles. The second-order valence-electron chi connectivity index (χ2n) is 6.30. The van der Waals surface area contributed by atoms with Gasteiger partial charge in [0.15, 0.2) is 0 Å². The molecular weight excluding hydrogens is 332 g/mol. The summed E-state index contributed by atoms with van der Waals surface area (Å²) in [6, 6.07) is 7.78. The van der Waals surface area contributed by atoms with Crippen LogP contribution in [-0.2, 0) is 17.9 Å². The minimum Gasteiger partial charge on any atom is -0.485 e. The third-order valence-corrected chi connectivity index (χ3v) is 4.44. The molecule has 0 aliphatic carbocycles. The second kappa shape index (κ2) is 8.20. The third-order valence-electron chi connectivity index (χ3n) is 4.44. The first-order chi connectivity index (χ1) is 12.9. The van der Waals surface area contributed by atoms with E-state index in [-0.39, 0.29) is 0 Å². The number of aromatic nitrogens is 5. The molecule has 0 unspecified atom stereocenters. The Hall–Kier alpha value is -2.58. The molecule has 2 aromatic heterocycles. The zero-order valence-corrected chi connectivity index (χ0v) is 14.6. The Morgan fingerprint density at radius 1 is 1.08 bits per heavy atom. The van der Waals surface area contributed by atoms with Gasteiger partial charge in [0.1, 0.15) is 18.1 Å². The minimum atomic E-state index is 0.360. The number of fused-ring (bicyclic) bond motifs is 1. The SMILES string of the molecule is c1ccc2c(OCc3cn(CCCN4CCOCC4)nn3)cnnc2c1. The van der Waals surface area contributed by atoms with Crippen molar-refractivity contribution in [3.05, 3.63) is 42.4 Å². The Morgan fingerprint density at radius 3 is 2.88 bits per heavy atom. The lowest BCUT2D eigenvalue weighted by Crippen LogP contribution is -2.37. The lowest BCUT2D eigenvalue weighted by Gasteiger charge is -2.26. The topological polar surface area (TPSA) is 78.2 Å². The van der Waals surface area contributed by atoms with Crippen LogP contribution < -0.4 is 4.74 Å². The van der Waals surface area contributed by atoms with Crippen molar-refractivity contribution in [2.75, 3.05) is 32.8 Å². The van der Waals surface area contributed by atoms with E-state index in [1.54, 1.807) is 6.20 Å². The first-order valence-corrected chi connectivity index (χ1v) is 8.91. The fraction of sp³-hybridized carbons (Fsp3) is 0.444. The number of hydrogen-bond donors (Lipinski definition) is 0. The molecule has 3 heterocycles. The van der Waals surface area contributed by atoms with E-state index in [0.717, 1.165) is 62.4 Å². The highest BCUT2D eigenvalue weighted by molar-refractivity contribution is 5.83. The summed E-state index contributed by atoms with van der Waals surface area (Å²) in [5.41, 5.74) is 1.62. The van der Waals surface area contributed by atoms with Gasteiger partial charge in [-0.2, -0.15) is 10.2 Å². The quantitative estimate of drug-likeness (QED) is 0.636. The molecule has 0 saturated carbocycles. The van der Waals surface area contributed by atoms with Gasteiger partial charge in [0.2, 0.25) is 0 Å². The lowest BCUT2D eigenvalue weighted by molar-refractivity contribution is 0.0368. The van der Waals surface area contributed by atoms with Crippen molar-refractivity contribution >= 4 is 10.9 Å². The number of ether oxygens (including phenoxy) is 2. The molecule has 4 rings (SSSR count). The lowest BCUT2D eigenvalue weighted by atomic mass is 10.2. The number of hydrogen-bond acceptors (Lipinski definition) is 7. The molecule has 0 N–H and O–H groups in total. The Labute approximate surface area is 151 Å². The van der Waals surface area contributed by atoms with Crippen LogP contribution in [0.4, 0.5) is 0 Å². The van der Waals surface area contributed by atoms with Gasteiger partial charge in [0.05, 0.1) is 31.1 Å². The van der Waals surface area contributed by atoms with E-state index >= 15 is 0 Å². The van der Waals surface area contributed by atoms with Gasteiger partial charge in [0, 0.05) is 31.6 Å². The smallest absolute Gasteiger partial charge is 0.149 e. The minimum absolute atomic E-state index is 0.360. The zero-order valence-electron chi connectivity index (χ0n) is 14.6. The third kappa shape index (κ3) is 4.14. The van der Waals surface area contributed by atoms with Crippen LogP contribution in [0.15, 0.2) is 36.7 Å². The molecule has 0 radical (unpaired) electrons. The number of aryl methyl sites for hydroxylation is 1. The molecule has 8 nitrogen and oxygen atoms in total. The van der Waals surface area contributed by atoms with Gasteiger partial charge in [-0.1, -0.05) is 17.3 Å². The molecule has 136 valence electrons. The largest absolute Gasteiger partial charge is 0.485 e. The standard InChI is InChI=1S/C18H22N6O2/c1-2-5-17-16(4-1)18(12-19-21-17)26-14-15-13-24(22-20-15)7-3-6-23-8-10-25-11-9-23/h1-2,4-5,12-13H,3,6-11,14H2. The molecule has 0 amide bonds. The van der Waals surface area contributed by atoms with Crippen molar-refractivity contribution in [2.45, 2.75) is 19.6 Å². The molecule has 1 fully saturated rings. The Bertz CT molecular complexity index is 841. The zero-order chi connectivity index (χ0) is 17.6. The highest BCUT2D eigenvalue weighted by Gasteiger charge is 2.10. The van der Waals surface area contributed by atoms with E-state index in [0.29, 0.717) is 12.4 Å². The Morgan fingerprint density at radius 2 is 1.96 bits per heavy atom. The summed E-state index contributed by atoms with van der Waals surface area (Å²) in [4.78, 5) is 2.42. The number of nitrogens with zero attached hydrogens (tertiary/aromatic N) is 6. The van der Waals surface area contributed by atoms with Crippen molar-refractivity contribution in [1.29, 1.82) is 0 Å². The monoisotopic (exact) mass is 354 g/mol. The van der Waals surface area contributed by atoms with Crippen molar-refractivity contribution < 1.29 is 9.47 Å². The summed E-state index contributed by atoms with van der Waals surface area (Å²) in [5.74, 6) is 0.706. The van der Waals surface area contributed by atoms with E-state index < -0.39 is 0 Å². The van der Waals surface area contributed by atoms with E-state index in [1.807, 2.05) is 35.1 Å². The van der Waals surface area contributed by atoms with Crippen LogP contribution in [0.2, 0.25) is 0 Å². The summed E-state index contributed by atoms with van der Waals surface area (Å²) in [6.07, 6.45) is 4.62. The van der Waals surface area contributed by atoms with Gasteiger partial charge >= 0.3 is 0 Å². The van der Waals surface area contributed by atoms with Crippen molar-refractivity contribution in [2.24, 2.45) is 0 Å². The fourth-order valence-corrected chi connectivity index (χ4v) is 3.04. The number of benzene rings is 1. The second-order valence-corrected chi connectivity index (χ2v) is 6.30. The van der Waals surface area contributed by atoms with Crippen LogP contribution in [0.5, 0.6) is 5.75 Å².